The van der Waals surface area contributed by atoms with Crippen LogP contribution < -0.4 is 10.6 Å². The van der Waals surface area contributed by atoms with Crippen LogP contribution in [0.2, 0.25) is 0 Å². The fraction of sp³-hybridized carbons (Fsp3) is 0.389. The first-order chi connectivity index (χ1) is 12.9. The number of carbonyl (C=O) groups is 1. The second-order valence-electron chi connectivity index (χ2n) is 6.62. The Hall–Kier alpha value is -2.20. The minimum Gasteiger partial charge on any atom is -0.340 e. The number of hydrogen-bond donors (Lipinski definition) is 3. The molecule has 1 aromatic carbocycles. The smallest absolute Gasteiger partial charge is 0.236 e. The fourth-order valence-corrected chi connectivity index (χ4v) is 4.16. The van der Waals surface area contributed by atoms with E-state index in [9.17, 15) is 13.9 Å². The van der Waals surface area contributed by atoms with Crippen molar-refractivity contribution in [1.29, 1.82) is 0 Å². The number of nitrogens with zero attached hydrogens (tertiary/aromatic N) is 4. The van der Waals surface area contributed by atoms with E-state index in [4.69, 9.17) is 5.73 Å². The maximum atomic E-state index is 11.6. The van der Waals surface area contributed by atoms with E-state index in [1.54, 1.807) is 24.3 Å². The quantitative estimate of drug-likeness (QED) is 0.709. The minimum atomic E-state index is -2.43. The number of likely N-dealkylation sites (N-methyl/N-ethyl adjacent to an activating group) is 1. The summed E-state index contributed by atoms with van der Waals surface area (Å²) in [7, 11) is -0.701. The van der Waals surface area contributed by atoms with E-state index in [2.05, 4.69) is 9.97 Å². The molecule has 0 saturated carbocycles. The van der Waals surface area contributed by atoms with E-state index in [1.165, 1.54) is 0 Å². The van der Waals surface area contributed by atoms with Gasteiger partial charge in [-0.05, 0) is 17.2 Å². The van der Waals surface area contributed by atoms with Crippen molar-refractivity contribution in [3.63, 3.8) is 0 Å². The molecule has 1 saturated heterocycles. The number of nitrogens with two attached hydrogens (primary N) is 1. The van der Waals surface area contributed by atoms with Gasteiger partial charge in [-0.1, -0.05) is 18.2 Å². The summed E-state index contributed by atoms with van der Waals surface area (Å²) in [6, 6.07) is 7.89. The minimum absolute atomic E-state index is 0.00281. The first-order valence-electron chi connectivity index (χ1n) is 8.72. The summed E-state index contributed by atoms with van der Waals surface area (Å²) in [6.45, 7) is 1.57. The van der Waals surface area contributed by atoms with Gasteiger partial charge in [0, 0.05) is 44.6 Å². The van der Waals surface area contributed by atoms with Gasteiger partial charge in [-0.2, -0.15) is 10.6 Å². The van der Waals surface area contributed by atoms with Crippen LogP contribution in [0.5, 0.6) is 0 Å². The molecule has 27 heavy (non-hydrogen) atoms. The van der Waals surface area contributed by atoms with Crippen LogP contribution in [-0.2, 0) is 11.3 Å². The van der Waals surface area contributed by atoms with Gasteiger partial charge in [-0.15, -0.1) is 0 Å². The molecule has 0 radical (unpaired) electrons. The maximum absolute atomic E-state index is 11.6. The largest absolute Gasteiger partial charge is 0.340 e. The summed E-state index contributed by atoms with van der Waals surface area (Å²) in [5, 5.41) is 0. The average Bonchev–Trinajstić information content (AvgIpc) is 2.67. The molecule has 0 bridgehead atoms. The first kappa shape index (κ1) is 19.6. The van der Waals surface area contributed by atoms with Gasteiger partial charge in [-0.25, -0.2) is 9.97 Å². The summed E-state index contributed by atoms with van der Waals surface area (Å²) >= 11 is 0. The Labute approximate surface area is 160 Å². The van der Waals surface area contributed by atoms with Crippen molar-refractivity contribution in [1.82, 2.24) is 14.9 Å². The second kappa shape index (κ2) is 8.22. The highest BCUT2D eigenvalue weighted by molar-refractivity contribution is 8.24. The number of rotatable bonds is 5. The maximum Gasteiger partial charge on any atom is 0.236 e. The molecule has 8 nitrogen and oxygen atoms in total. The molecule has 0 atom stereocenters. The molecule has 0 unspecified atom stereocenters. The van der Waals surface area contributed by atoms with Crippen LogP contribution in [-0.4, -0.2) is 68.1 Å². The summed E-state index contributed by atoms with van der Waals surface area (Å²) in [6.07, 6.45) is 3.53. The van der Waals surface area contributed by atoms with Crippen molar-refractivity contribution in [2.24, 2.45) is 5.73 Å². The zero-order valence-corrected chi connectivity index (χ0v) is 16.1. The topological polar surface area (TPSA) is 116 Å². The van der Waals surface area contributed by atoms with E-state index in [0.717, 1.165) is 16.7 Å². The van der Waals surface area contributed by atoms with Gasteiger partial charge in [0.1, 0.15) is 0 Å². The molecule has 146 valence electrons. The molecule has 1 amide bonds. The molecular formula is C18H25N5O3S. The summed E-state index contributed by atoms with van der Waals surface area (Å²) in [5.74, 6) is 1.20. The molecule has 1 aromatic heterocycles. The molecule has 9 heteroatoms. The molecule has 4 N–H and O–H groups in total. The van der Waals surface area contributed by atoms with Gasteiger partial charge in [0.05, 0.1) is 18.1 Å². The van der Waals surface area contributed by atoms with Crippen LogP contribution in [0.4, 0.5) is 5.95 Å². The monoisotopic (exact) mass is 391 g/mol. The lowest BCUT2D eigenvalue weighted by atomic mass is 10.1. The number of hydrogen-bond acceptors (Lipinski definition) is 7. The molecule has 0 spiro atoms. The van der Waals surface area contributed by atoms with E-state index >= 15 is 0 Å². The summed E-state index contributed by atoms with van der Waals surface area (Å²) in [4.78, 5) is 24.1. The van der Waals surface area contributed by atoms with Crippen LogP contribution >= 0.6 is 10.6 Å². The Balaban J connectivity index is 1.70. The molecule has 1 aliphatic heterocycles. The second-order valence-corrected chi connectivity index (χ2v) is 9.04. The van der Waals surface area contributed by atoms with Gasteiger partial charge in [-0.3, -0.25) is 13.9 Å². The highest BCUT2D eigenvalue weighted by Crippen LogP contribution is 2.40. The zero-order valence-electron chi connectivity index (χ0n) is 15.3. The SMILES string of the molecule is CN(Cc1cccc(-c2cnc(N3CCS(O)(O)CC3)nc2)c1)C(=O)CN. The predicted octanol–water partition coefficient (Wildman–Crippen LogP) is 1.63. The zero-order chi connectivity index (χ0) is 19.4. The first-order valence-corrected chi connectivity index (χ1v) is 10.6. The predicted molar refractivity (Wildman–Crippen MR) is 108 cm³/mol. The lowest BCUT2D eigenvalue weighted by molar-refractivity contribution is -0.128. The van der Waals surface area contributed by atoms with Crippen LogP contribution in [0.1, 0.15) is 5.56 Å². The molecule has 0 aliphatic carbocycles. The fourth-order valence-electron chi connectivity index (χ4n) is 2.93. The summed E-state index contributed by atoms with van der Waals surface area (Å²) in [5.41, 5.74) is 8.26. The average molecular weight is 391 g/mol. The van der Waals surface area contributed by atoms with Gasteiger partial charge in [0.2, 0.25) is 11.9 Å². The van der Waals surface area contributed by atoms with Crippen molar-refractivity contribution in [2.75, 3.05) is 43.1 Å². The van der Waals surface area contributed by atoms with Crippen LogP contribution in [0.3, 0.4) is 0 Å². The third-order valence-corrected chi connectivity index (χ3v) is 6.25. The van der Waals surface area contributed by atoms with Gasteiger partial charge >= 0.3 is 0 Å². The molecule has 2 heterocycles. The van der Waals surface area contributed by atoms with Gasteiger partial charge in [0.15, 0.2) is 0 Å². The Morgan fingerprint density at radius 3 is 2.52 bits per heavy atom. The lowest BCUT2D eigenvalue weighted by Gasteiger charge is -2.40. The van der Waals surface area contributed by atoms with Crippen molar-refractivity contribution >= 4 is 22.4 Å². The van der Waals surface area contributed by atoms with E-state index in [0.29, 0.717) is 37.1 Å². The number of benzene rings is 1. The third-order valence-electron chi connectivity index (χ3n) is 4.58. The normalized spacial score (nSPS) is 17.4. The van der Waals surface area contributed by atoms with Crippen molar-refractivity contribution in [3.8, 4) is 11.1 Å². The Bertz CT molecular complexity index is 790. The lowest BCUT2D eigenvalue weighted by Crippen LogP contribution is -2.39. The number of aromatic nitrogens is 2. The summed E-state index contributed by atoms with van der Waals surface area (Å²) < 4.78 is 19.4. The van der Waals surface area contributed by atoms with Crippen molar-refractivity contribution in [2.45, 2.75) is 6.54 Å². The van der Waals surface area contributed by atoms with Crippen molar-refractivity contribution < 1.29 is 13.9 Å². The van der Waals surface area contributed by atoms with Gasteiger partial charge in [0.25, 0.3) is 0 Å². The van der Waals surface area contributed by atoms with Crippen LogP contribution in [0, 0.1) is 0 Å². The number of anilines is 1. The Morgan fingerprint density at radius 1 is 1.22 bits per heavy atom. The van der Waals surface area contributed by atoms with Crippen molar-refractivity contribution in [3.05, 3.63) is 42.2 Å². The van der Waals surface area contributed by atoms with Crippen LogP contribution in [0.15, 0.2) is 36.7 Å². The van der Waals surface area contributed by atoms with E-state index in [1.807, 2.05) is 29.2 Å². The molecule has 1 aliphatic rings. The highest BCUT2D eigenvalue weighted by Gasteiger charge is 2.23. The molecule has 2 aromatic rings. The number of carbonyl (C=O) groups excluding carboxylic acids is 1. The molecule has 1 fully saturated rings. The van der Waals surface area contributed by atoms with E-state index in [-0.39, 0.29) is 12.5 Å². The van der Waals surface area contributed by atoms with E-state index < -0.39 is 10.6 Å². The molecular weight excluding hydrogens is 366 g/mol. The highest BCUT2D eigenvalue weighted by atomic mass is 32.3. The number of amides is 1. The molecule has 3 rings (SSSR count). The van der Waals surface area contributed by atoms with Crippen LogP contribution in [0.25, 0.3) is 11.1 Å². The Morgan fingerprint density at radius 2 is 1.89 bits per heavy atom. The third kappa shape index (κ3) is 4.95. The standard InChI is InChI=1S/C18H25N5O3S/c1-22(17(24)10-19)13-14-3-2-4-15(9-14)16-11-20-18(21-12-16)23-5-7-27(25,26)8-6-23/h2-4,9,11-12,25-26H,5-8,10,13,19H2,1H3. The van der Waals surface area contributed by atoms with Gasteiger partial charge < -0.3 is 15.5 Å². The Kier molecular flexibility index (Phi) is 5.95.